The molecule has 1 saturated heterocycles. The van der Waals surface area contributed by atoms with Gasteiger partial charge in [0.1, 0.15) is 0 Å². The zero-order chi connectivity index (χ0) is 23.4. The summed E-state index contributed by atoms with van der Waals surface area (Å²) in [7, 11) is 1.76. The average Bonchev–Trinajstić information content (AvgIpc) is 3.20. The molecule has 5 rings (SSSR count). The van der Waals surface area contributed by atoms with Crippen LogP contribution in [-0.2, 0) is 31.0 Å². The van der Waals surface area contributed by atoms with Gasteiger partial charge in [-0.05, 0) is 54.4 Å². The smallest absolute Gasteiger partial charge is 0.262 e. The van der Waals surface area contributed by atoms with E-state index in [0.29, 0.717) is 31.9 Å². The molecule has 0 aromatic heterocycles. The fraction of sp³-hybridized carbons (Fsp3) is 0.640. The first-order valence-corrected chi connectivity index (χ1v) is 11.8. The van der Waals surface area contributed by atoms with Crippen LogP contribution in [0.15, 0.2) is 23.2 Å². The molecule has 2 N–H and O–H groups in total. The number of guanidine groups is 1. The second kappa shape index (κ2) is 8.08. The zero-order valence-electron chi connectivity index (χ0n) is 19.5. The topological polar surface area (TPSA) is 110 Å². The molecular formula is C25H32N4O4. The molecule has 0 radical (unpaired) electrons. The second-order valence-corrected chi connectivity index (χ2v) is 10.2. The second-order valence-electron chi connectivity index (χ2n) is 10.2. The van der Waals surface area contributed by atoms with Gasteiger partial charge < -0.3 is 19.9 Å². The lowest BCUT2D eigenvalue weighted by Gasteiger charge is -2.50. The van der Waals surface area contributed by atoms with Crippen LogP contribution in [0.2, 0.25) is 0 Å². The summed E-state index contributed by atoms with van der Waals surface area (Å²) in [4.78, 5) is 20.9. The van der Waals surface area contributed by atoms with E-state index in [4.69, 9.17) is 24.9 Å². The number of nitriles is 1. The highest BCUT2D eigenvalue weighted by atomic mass is 16.6. The lowest BCUT2D eigenvalue weighted by Crippen LogP contribution is -2.56. The van der Waals surface area contributed by atoms with Crippen molar-refractivity contribution in [1.82, 2.24) is 4.90 Å². The van der Waals surface area contributed by atoms with Crippen LogP contribution in [0.4, 0.5) is 0 Å². The molecular weight excluding hydrogens is 420 g/mol. The molecule has 8 heteroatoms. The number of hydrogen-bond donors (Lipinski definition) is 1. The van der Waals surface area contributed by atoms with Crippen LogP contribution in [0.5, 0.6) is 0 Å². The Labute approximate surface area is 194 Å². The normalized spacial score (nSPS) is 37.9. The van der Waals surface area contributed by atoms with E-state index in [2.05, 4.69) is 19.9 Å². The van der Waals surface area contributed by atoms with E-state index in [1.165, 1.54) is 0 Å². The molecule has 8 nitrogen and oxygen atoms in total. The highest BCUT2D eigenvalue weighted by Crippen LogP contribution is 2.63. The molecule has 1 saturated carbocycles. The van der Waals surface area contributed by atoms with Crippen molar-refractivity contribution in [3.63, 3.8) is 0 Å². The Kier molecular flexibility index (Phi) is 5.47. The number of benzene rings is 1. The molecule has 1 amide bonds. The lowest BCUT2D eigenvalue weighted by molar-refractivity contribution is -0.145. The van der Waals surface area contributed by atoms with E-state index in [1.807, 2.05) is 18.2 Å². The van der Waals surface area contributed by atoms with Crippen LogP contribution in [-0.4, -0.2) is 62.4 Å². The number of ether oxygens (including phenoxy) is 3. The van der Waals surface area contributed by atoms with Crippen LogP contribution >= 0.6 is 0 Å². The first kappa shape index (κ1) is 22.3. The van der Waals surface area contributed by atoms with Gasteiger partial charge in [-0.1, -0.05) is 19.9 Å². The molecule has 2 spiro atoms. The summed E-state index contributed by atoms with van der Waals surface area (Å²) in [6, 6.07) is 7.90. The Balaban J connectivity index is 1.61. The first-order chi connectivity index (χ1) is 15.8. The first-order valence-electron chi connectivity index (χ1n) is 11.8. The lowest BCUT2D eigenvalue weighted by atomic mass is 9.56. The van der Waals surface area contributed by atoms with Crippen molar-refractivity contribution in [2.45, 2.75) is 50.9 Å². The minimum Gasteiger partial charge on any atom is -0.381 e. The monoisotopic (exact) mass is 452 g/mol. The van der Waals surface area contributed by atoms with Crippen molar-refractivity contribution in [3.05, 3.63) is 34.9 Å². The molecule has 2 fully saturated rings. The predicted molar refractivity (Wildman–Crippen MR) is 121 cm³/mol. The van der Waals surface area contributed by atoms with Gasteiger partial charge in [0, 0.05) is 12.5 Å². The van der Waals surface area contributed by atoms with Gasteiger partial charge in [0.2, 0.25) is 0 Å². The zero-order valence-corrected chi connectivity index (χ0v) is 19.5. The highest BCUT2D eigenvalue weighted by molar-refractivity contribution is 6.08. The van der Waals surface area contributed by atoms with Crippen LogP contribution in [0, 0.1) is 28.6 Å². The van der Waals surface area contributed by atoms with Crippen LogP contribution in [0.3, 0.4) is 0 Å². The minimum atomic E-state index is -1.13. The van der Waals surface area contributed by atoms with Crippen molar-refractivity contribution in [2.24, 2.45) is 28.0 Å². The number of carbonyl (C=O) groups excluding carboxylic acids is 1. The standard InChI is InChI=1S/C25H32N4O4/c1-15-9-24(10-16(2)21(15)31-3)11-18-5-4-17(12-26)8-20(18)25(24)22(30)29(23(27)28-25)13-19-14-32-6-7-33-19/h4-5,8,15-16,19,21H,6-7,9-11,13-14H2,1-3H3,(H2,27,28)/t15-,16+,19-,21?,24?,25-/m1/s1. The van der Waals surface area contributed by atoms with Gasteiger partial charge in [-0.15, -0.1) is 0 Å². The van der Waals surface area contributed by atoms with Crippen molar-refractivity contribution in [2.75, 3.05) is 33.5 Å². The maximum atomic E-state index is 14.3. The number of fused-ring (bicyclic) bond motifs is 3. The fourth-order valence-electron chi connectivity index (χ4n) is 7.05. The maximum absolute atomic E-state index is 14.3. The summed E-state index contributed by atoms with van der Waals surface area (Å²) in [6.07, 6.45) is 2.22. The third-order valence-corrected chi connectivity index (χ3v) is 8.13. The van der Waals surface area contributed by atoms with E-state index >= 15 is 0 Å². The van der Waals surface area contributed by atoms with Gasteiger partial charge in [-0.25, -0.2) is 4.99 Å². The summed E-state index contributed by atoms with van der Waals surface area (Å²) in [5.41, 5.74) is 7.34. The predicted octanol–water partition coefficient (Wildman–Crippen LogP) is 1.95. The molecule has 4 aliphatic rings. The maximum Gasteiger partial charge on any atom is 0.262 e. The summed E-state index contributed by atoms with van der Waals surface area (Å²) >= 11 is 0. The molecule has 2 heterocycles. The Hall–Kier alpha value is -2.47. The number of nitrogens with zero attached hydrogens (tertiary/aromatic N) is 3. The number of hydrogen-bond acceptors (Lipinski definition) is 7. The van der Waals surface area contributed by atoms with E-state index < -0.39 is 11.0 Å². The Morgan fingerprint density at radius 3 is 2.70 bits per heavy atom. The third-order valence-electron chi connectivity index (χ3n) is 8.13. The Bertz CT molecular complexity index is 1020. The van der Waals surface area contributed by atoms with E-state index in [9.17, 15) is 10.1 Å². The van der Waals surface area contributed by atoms with Gasteiger partial charge in [0.15, 0.2) is 11.5 Å². The molecule has 6 atom stereocenters. The van der Waals surface area contributed by atoms with E-state index in [-0.39, 0.29) is 35.9 Å². The summed E-state index contributed by atoms with van der Waals surface area (Å²) in [6.45, 7) is 6.18. The van der Waals surface area contributed by atoms with Gasteiger partial charge in [-0.3, -0.25) is 9.69 Å². The summed E-state index contributed by atoms with van der Waals surface area (Å²) in [5, 5.41) is 9.59. The molecule has 2 aliphatic heterocycles. The average molecular weight is 453 g/mol. The van der Waals surface area contributed by atoms with E-state index in [0.717, 1.165) is 30.4 Å². The van der Waals surface area contributed by atoms with Gasteiger partial charge >= 0.3 is 0 Å². The molecule has 1 aromatic rings. The van der Waals surface area contributed by atoms with Crippen molar-refractivity contribution in [3.8, 4) is 6.07 Å². The molecule has 1 aromatic carbocycles. The number of rotatable bonds is 3. The molecule has 176 valence electrons. The van der Waals surface area contributed by atoms with Gasteiger partial charge in [0.25, 0.3) is 5.91 Å². The fourth-order valence-corrected chi connectivity index (χ4v) is 7.05. The van der Waals surface area contributed by atoms with Crippen LogP contribution in [0.25, 0.3) is 0 Å². The number of carbonyl (C=O) groups is 1. The van der Waals surface area contributed by atoms with Crippen molar-refractivity contribution < 1.29 is 19.0 Å². The van der Waals surface area contributed by atoms with Crippen molar-refractivity contribution >= 4 is 11.9 Å². The number of nitrogens with two attached hydrogens (primary N) is 1. The van der Waals surface area contributed by atoms with Gasteiger partial charge in [-0.2, -0.15) is 5.26 Å². The Morgan fingerprint density at radius 2 is 2.06 bits per heavy atom. The number of aliphatic imine (C=N–C) groups is 1. The third kappa shape index (κ3) is 3.21. The van der Waals surface area contributed by atoms with E-state index in [1.54, 1.807) is 12.0 Å². The molecule has 33 heavy (non-hydrogen) atoms. The molecule has 0 bridgehead atoms. The highest BCUT2D eigenvalue weighted by Gasteiger charge is 2.68. The molecule has 2 unspecified atom stereocenters. The van der Waals surface area contributed by atoms with Gasteiger partial charge in [0.05, 0.1) is 50.2 Å². The number of methoxy groups -OCH3 is 1. The van der Waals surface area contributed by atoms with Crippen molar-refractivity contribution in [1.29, 1.82) is 5.26 Å². The van der Waals surface area contributed by atoms with Crippen LogP contribution < -0.4 is 5.73 Å². The molecule has 2 aliphatic carbocycles. The summed E-state index contributed by atoms with van der Waals surface area (Å²) in [5.74, 6) is 0.624. The van der Waals surface area contributed by atoms with Crippen LogP contribution in [0.1, 0.15) is 43.4 Å². The largest absolute Gasteiger partial charge is 0.381 e. The SMILES string of the molecule is COC1[C@H](C)CC2(Cc3ccc(C#N)cc3[C@]23N=C(N)N(C[C@@H]2COCCO2)C3=O)C[C@@H]1C. The Morgan fingerprint density at radius 1 is 1.30 bits per heavy atom. The summed E-state index contributed by atoms with van der Waals surface area (Å²) < 4.78 is 17.2. The quantitative estimate of drug-likeness (QED) is 0.751. The number of amides is 1. The minimum absolute atomic E-state index is 0.113.